The number of rotatable bonds is 5. The van der Waals surface area contributed by atoms with Crippen molar-refractivity contribution in [3.05, 3.63) is 11.1 Å². The summed E-state index contributed by atoms with van der Waals surface area (Å²) in [5, 5.41) is 8.99. The third kappa shape index (κ3) is 3.60. The Labute approximate surface area is 91.6 Å². The van der Waals surface area contributed by atoms with E-state index in [1.54, 1.807) is 5.54 Å². The molecular formula is C11H20ClNO. The van der Waals surface area contributed by atoms with Gasteiger partial charge in [0.2, 0.25) is 0 Å². The molecule has 2 nitrogen and oxygen atoms in total. The fraction of sp³-hybridized carbons (Fsp3) is 0.818. The van der Waals surface area contributed by atoms with Gasteiger partial charge in [-0.05, 0) is 25.3 Å². The maximum Gasteiger partial charge on any atom is 0.0558 e. The van der Waals surface area contributed by atoms with Gasteiger partial charge in [0.25, 0.3) is 0 Å². The standard InChI is InChI=1S/C11H20ClNO/c1-10(8-12)9-13(6-7-14)11-4-2-3-5-11/h8,11,14H,2-7,9H2,1H3. The molecule has 3 heteroatoms. The van der Waals surface area contributed by atoms with Gasteiger partial charge in [-0.1, -0.05) is 24.4 Å². The summed E-state index contributed by atoms with van der Waals surface area (Å²) in [5.74, 6) is 0. The van der Waals surface area contributed by atoms with Gasteiger partial charge in [0, 0.05) is 24.7 Å². The van der Waals surface area contributed by atoms with Crippen molar-refractivity contribution in [3.8, 4) is 0 Å². The van der Waals surface area contributed by atoms with Crippen molar-refractivity contribution in [1.82, 2.24) is 4.90 Å². The molecule has 14 heavy (non-hydrogen) atoms. The molecule has 0 saturated heterocycles. The third-order valence-electron chi connectivity index (χ3n) is 2.87. The van der Waals surface area contributed by atoms with Gasteiger partial charge in [0.1, 0.15) is 0 Å². The van der Waals surface area contributed by atoms with Crippen molar-refractivity contribution in [2.75, 3.05) is 19.7 Å². The molecule has 0 heterocycles. The SMILES string of the molecule is CC(=CCl)CN(CCO)C1CCCC1. The first-order chi connectivity index (χ1) is 6.77. The van der Waals surface area contributed by atoms with Crippen LogP contribution in [0, 0.1) is 0 Å². The molecule has 0 atom stereocenters. The third-order valence-corrected chi connectivity index (χ3v) is 3.24. The van der Waals surface area contributed by atoms with Gasteiger partial charge in [-0.15, -0.1) is 0 Å². The first-order valence-corrected chi connectivity index (χ1v) is 5.82. The highest BCUT2D eigenvalue weighted by Gasteiger charge is 2.21. The molecule has 1 fully saturated rings. The largest absolute Gasteiger partial charge is 0.395 e. The van der Waals surface area contributed by atoms with E-state index in [4.69, 9.17) is 16.7 Å². The number of aliphatic hydroxyl groups excluding tert-OH is 1. The minimum Gasteiger partial charge on any atom is -0.395 e. The number of hydrogen-bond donors (Lipinski definition) is 1. The van der Waals surface area contributed by atoms with Crippen molar-refractivity contribution >= 4 is 11.6 Å². The zero-order valence-electron chi connectivity index (χ0n) is 8.88. The van der Waals surface area contributed by atoms with Crippen LogP contribution < -0.4 is 0 Å². The predicted octanol–water partition coefficient (Wildman–Crippen LogP) is 2.37. The van der Waals surface area contributed by atoms with Crippen molar-refractivity contribution in [3.63, 3.8) is 0 Å². The van der Waals surface area contributed by atoms with E-state index in [2.05, 4.69) is 4.90 Å². The lowest BCUT2D eigenvalue weighted by atomic mass is 10.2. The highest BCUT2D eigenvalue weighted by atomic mass is 35.5. The van der Waals surface area contributed by atoms with Gasteiger partial charge in [0.15, 0.2) is 0 Å². The zero-order valence-corrected chi connectivity index (χ0v) is 9.63. The van der Waals surface area contributed by atoms with Crippen LogP contribution in [0.5, 0.6) is 0 Å². The van der Waals surface area contributed by atoms with E-state index in [1.807, 2.05) is 6.92 Å². The maximum absolute atomic E-state index is 8.99. The average Bonchev–Trinajstić information content (AvgIpc) is 2.69. The Morgan fingerprint density at radius 2 is 2.14 bits per heavy atom. The second-order valence-corrected chi connectivity index (χ2v) is 4.31. The fourth-order valence-corrected chi connectivity index (χ4v) is 2.21. The molecule has 1 N–H and O–H groups in total. The van der Waals surface area contributed by atoms with E-state index in [9.17, 15) is 0 Å². The van der Waals surface area contributed by atoms with Gasteiger partial charge >= 0.3 is 0 Å². The quantitative estimate of drug-likeness (QED) is 0.765. The molecule has 0 spiro atoms. The van der Waals surface area contributed by atoms with Crippen molar-refractivity contribution < 1.29 is 5.11 Å². The summed E-state index contributed by atoms with van der Waals surface area (Å²) in [6.07, 6.45) is 5.21. The fourth-order valence-electron chi connectivity index (χ4n) is 2.14. The second kappa shape index (κ2) is 6.44. The normalized spacial score (nSPS) is 19.6. The molecule has 0 aromatic heterocycles. The monoisotopic (exact) mass is 217 g/mol. The first-order valence-electron chi connectivity index (χ1n) is 5.38. The van der Waals surface area contributed by atoms with E-state index in [0.717, 1.165) is 13.1 Å². The van der Waals surface area contributed by atoms with Crippen LogP contribution in [0.2, 0.25) is 0 Å². The summed E-state index contributed by atoms with van der Waals surface area (Å²) in [6, 6.07) is 0.661. The maximum atomic E-state index is 8.99. The first kappa shape index (κ1) is 12.0. The van der Waals surface area contributed by atoms with E-state index < -0.39 is 0 Å². The van der Waals surface area contributed by atoms with Crippen LogP contribution in [0.25, 0.3) is 0 Å². The average molecular weight is 218 g/mol. The molecule has 1 rings (SSSR count). The van der Waals surface area contributed by atoms with Gasteiger partial charge < -0.3 is 5.11 Å². The van der Waals surface area contributed by atoms with Crippen LogP contribution in [0.3, 0.4) is 0 Å². The van der Waals surface area contributed by atoms with E-state index >= 15 is 0 Å². The topological polar surface area (TPSA) is 23.5 Å². The van der Waals surface area contributed by atoms with Gasteiger partial charge in [-0.25, -0.2) is 0 Å². The van der Waals surface area contributed by atoms with E-state index in [0.29, 0.717) is 6.04 Å². The van der Waals surface area contributed by atoms with Crippen LogP contribution in [0.1, 0.15) is 32.6 Å². The lowest BCUT2D eigenvalue weighted by molar-refractivity contribution is 0.163. The second-order valence-electron chi connectivity index (χ2n) is 4.09. The molecule has 0 aliphatic heterocycles. The summed E-state index contributed by atoms with van der Waals surface area (Å²) in [4.78, 5) is 2.35. The Morgan fingerprint density at radius 1 is 1.50 bits per heavy atom. The van der Waals surface area contributed by atoms with Crippen molar-refractivity contribution in [2.45, 2.75) is 38.6 Å². The van der Waals surface area contributed by atoms with Crippen LogP contribution in [-0.4, -0.2) is 35.7 Å². The minimum atomic E-state index is 0.242. The zero-order chi connectivity index (χ0) is 10.4. The number of aliphatic hydroxyl groups is 1. The summed E-state index contributed by atoms with van der Waals surface area (Å²) in [5.41, 5.74) is 2.81. The number of nitrogens with zero attached hydrogens (tertiary/aromatic N) is 1. The van der Waals surface area contributed by atoms with Crippen LogP contribution in [0.4, 0.5) is 0 Å². The molecule has 0 unspecified atom stereocenters. The molecule has 0 aromatic rings. The Kier molecular flexibility index (Phi) is 5.53. The summed E-state index contributed by atoms with van der Waals surface area (Å²) in [7, 11) is 0. The lowest BCUT2D eigenvalue weighted by Crippen LogP contribution is -2.36. The van der Waals surface area contributed by atoms with Crippen LogP contribution >= 0.6 is 11.6 Å². The molecule has 1 saturated carbocycles. The lowest BCUT2D eigenvalue weighted by Gasteiger charge is -2.28. The molecule has 0 radical (unpaired) electrons. The molecule has 1 aliphatic carbocycles. The van der Waals surface area contributed by atoms with Crippen molar-refractivity contribution in [2.24, 2.45) is 0 Å². The van der Waals surface area contributed by atoms with Gasteiger partial charge in [-0.3, -0.25) is 4.90 Å². The molecular weight excluding hydrogens is 198 g/mol. The predicted molar refractivity (Wildman–Crippen MR) is 60.5 cm³/mol. The minimum absolute atomic E-state index is 0.242. The van der Waals surface area contributed by atoms with Gasteiger partial charge in [-0.2, -0.15) is 0 Å². The van der Waals surface area contributed by atoms with Gasteiger partial charge in [0.05, 0.1) is 6.61 Å². The van der Waals surface area contributed by atoms with Crippen molar-refractivity contribution in [1.29, 1.82) is 0 Å². The highest BCUT2D eigenvalue weighted by Crippen LogP contribution is 2.23. The summed E-state index contributed by atoms with van der Waals surface area (Å²) >= 11 is 5.65. The Hall–Kier alpha value is -0.0500. The van der Waals surface area contributed by atoms with E-state index in [-0.39, 0.29) is 6.61 Å². The molecule has 0 amide bonds. The molecule has 0 bridgehead atoms. The number of hydrogen-bond acceptors (Lipinski definition) is 2. The van der Waals surface area contributed by atoms with Crippen LogP contribution in [0.15, 0.2) is 11.1 Å². The van der Waals surface area contributed by atoms with E-state index in [1.165, 1.54) is 31.3 Å². The summed E-state index contributed by atoms with van der Waals surface area (Å²) < 4.78 is 0. The Morgan fingerprint density at radius 3 is 2.64 bits per heavy atom. The Bertz CT molecular complexity index is 188. The smallest absolute Gasteiger partial charge is 0.0558 e. The highest BCUT2D eigenvalue weighted by molar-refractivity contribution is 6.25. The summed E-state index contributed by atoms with van der Waals surface area (Å²) in [6.45, 7) is 3.94. The molecule has 82 valence electrons. The Balaban J connectivity index is 2.44. The number of halogens is 1. The molecule has 0 aromatic carbocycles. The van der Waals surface area contributed by atoms with Crippen LogP contribution in [-0.2, 0) is 0 Å². The molecule has 1 aliphatic rings.